The molecule has 0 aliphatic heterocycles. The smallest absolute Gasteiger partial charge is 0.418 e. The summed E-state index contributed by atoms with van der Waals surface area (Å²) in [4.78, 5) is 27.7. The maximum Gasteiger partial charge on any atom is 0.418 e. The van der Waals surface area contributed by atoms with E-state index in [1.807, 2.05) is 0 Å². The highest BCUT2D eigenvalue weighted by atomic mass is 19.4. The van der Waals surface area contributed by atoms with Crippen molar-refractivity contribution in [2.24, 2.45) is 0 Å². The molecule has 8 heteroatoms. The molecule has 0 aliphatic carbocycles. The monoisotopic (exact) mass is 362 g/mol. The van der Waals surface area contributed by atoms with Crippen molar-refractivity contribution >= 4 is 22.5 Å². The molecule has 0 unspecified atom stereocenters. The molecule has 0 fully saturated rings. The molecule has 2 aromatic carbocycles. The molecule has 0 spiro atoms. The fourth-order valence-electron chi connectivity index (χ4n) is 2.59. The Morgan fingerprint density at radius 2 is 1.85 bits per heavy atom. The second-order valence-electron chi connectivity index (χ2n) is 5.41. The van der Waals surface area contributed by atoms with Gasteiger partial charge in [-0.2, -0.15) is 13.2 Å². The van der Waals surface area contributed by atoms with E-state index in [-0.39, 0.29) is 10.9 Å². The Morgan fingerprint density at radius 1 is 1.12 bits per heavy atom. The number of pyridine rings is 1. The summed E-state index contributed by atoms with van der Waals surface area (Å²) in [5, 5.41) is 2.35. The first-order chi connectivity index (χ1) is 12.3. The molecule has 3 aromatic rings. The third-order valence-electron chi connectivity index (χ3n) is 3.82. The van der Waals surface area contributed by atoms with Gasteiger partial charge in [0.2, 0.25) is 5.43 Å². The van der Waals surface area contributed by atoms with Crippen LogP contribution in [0.15, 0.2) is 53.5 Å². The number of alkyl halides is 3. The van der Waals surface area contributed by atoms with E-state index in [2.05, 4.69) is 10.3 Å². The second-order valence-corrected chi connectivity index (χ2v) is 5.41. The van der Waals surface area contributed by atoms with E-state index in [4.69, 9.17) is 4.74 Å². The van der Waals surface area contributed by atoms with Gasteiger partial charge in [0, 0.05) is 6.20 Å². The number of aromatic nitrogens is 1. The van der Waals surface area contributed by atoms with Gasteiger partial charge in [-0.15, -0.1) is 0 Å². The number of hydrogen-bond acceptors (Lipinski definition) is 3. The number of amides is 1. The van der Waals surface area contributed by atoms with Gasteiger partial charge in [0.05, 0.1) is 29.3 Å². The Labute approximate surface area is 145 Å². The standard InChI is InChI=1S/C18H13F3N2O3/c1-26-14-8-4-5-10-15(14)22-9-11(16(10)24)17(25)23-13-7-3-2-6-12(13)18(19,20)21/h2-9H,1H3,(H,22,24)(H,23,25). The van der Waals surface area contributed by atoms with Crippen LogP contribution >= 0.6 is 0 Å². The average molecular weight is 362 g/mol. The molecular weight excluding hydrogens is 349 g/mol. The molecular formula is C18H13F3N2O3. The van der Waals surface area contributed by atoms with Gasteiger partial charge in [-0.1, -0.05) is 18.2 Å². The molecule has 1 heterocycles. The number of aromatic amines is 1. The van der Waals surface area contributed by atoms with Gasteiger partial charge in [-0.05, 0) is 24.3 Å². The largest absolute Gasteiger partial charge is 0.495 e. The first kappa shape index (κ1) is 17.5. The third kappa shape index (κ3) is 3.13. The minimum Gasteiger partial charge on any atom is -0.495 e. The number of rotatable bonds is 3. The van der Waals surface area contributed by atoms with Gasteiger partial charge < -0.3 is 15.0 Å². The number of H-pyrrole nitrogens is 1. The Bertz CT molecular complexity index is 1040. The van der Waals surface area contributed by atoms with Gasteiger partial charge >= 0.3 is 6.18 Å². The number of anilines is 1. The predicted molar refractivity (Wildman–Crippen MR) is 90.5 cm³/mol. The van der Waals surface area contributed by atoms with Crippen LogP contribution in [0, 0.1) is 0 Å². The maximum absolute atomic E-state index is 13.0. The Morgan fingerprint density at radius 3 is 2.54 bits per heavy atom. The summed E-state index contributed by atoms with van der Waals surface area (Å²) in [5.41, 5.74) is -1.93. The average Bonchev–Trinajstić information content (AvgIpc) is 2.61. The zero-order valence-electron chi connectivity index (χ0n) is 13.5. The summed E-state index contributed by atoms with van der Waals surface area (Å²) >= 11 is 0. The quantitative estimate of drug-likeness (QED) is 0.744. The van der Waals surface area contributed by atoms with Crippen molar-refractivity contribution in [2.45, 2.75) is 6.18 Å². The Hall–Kier alpha value is -3.29. The topological polar surface area (TPSA) is 71.2 Å². The maximum atomic E-state index is 13.0. The van der Waals surface area contributed by atoms with Crippen LogP contribution in [0.2, 0.25) is 0 Å². The molecule has 0 saturated heterocycles. The molecule has 0 atom stereocenters. The van der Waals surface area contributed by atoms with Crippen molar-refractivity contribution < 1.29 is 22.7 Å². The number of methoxy groups -OCH3 is 1. The fourth-order valence-corrected chi connectivity index (χ4v) is 2.59. The van der Waals surface area contributed by atoms with Crippen LogP contribution in [-0.2, 0) is 6.18 Å². The van der Waals surface area contributed by atoms with Gasteiger partial charge in [0.15, 0.2) is 0 Å². The number of hydrogen-bond donors (Lipinski definition) is 2. The van der Waals surface area contributed by atoms with Crippen molar-refractivity contribution in [1.29, 1.82) is 0 Å². The van der Waals surface area contributed by atoms with E-state index in [9.17, 15) is 22.8 Å². The number of para-hydroxylation sites is 2. The first-order valence-corrected chi connectivity index (χ1v) is 7.49. The minimum absolute atomic E-state index is 0.195. The van der Waals surface area contributed by atoms with Gasteiger partial charge in [-0.3, -0.25) is 9.59 Å². The molecule has 134 valence electrons. The molecule has 2 N–H and O–H groups in total. The van der Waals surface area contributed by atoms with E-state index in [0.717, 1.165) is 18.3 Å². The van der Waals surface area contributed by atoms with Crippen LogP contribution in [0.4, 0.5) is 18.9 Å². The Balaban J connectivity index is 2.03. The summed E-state index contributed by atoms with van der Waals surface area (Å²) in [7, 11) is 1.43. The van der Waals surface area contributed by atoms with Crippen LogP contribution in [0.25, 0.3) is 10.9 Å². The molecule has 26 heavy (non-hydrogen) atoms. The van der Waals surface area contributed by atoms with Crippen molar-refractivity contribution in [1.82, 2.24) is 4.98 Å². The van der Waals surface area contributed by atoms with E-state index in [1.54, 1.807) is 12.1 Å². The molecule has 1 amide bonds. The van der Waals surface area contributed by atoms with Crippen LogP contribution in [0.5, 0.6) is 5.75 Å². The summed E-state index contributed by atoms with van der Waals surface area (Å²) < 4.78 is 44.3. The molecule has 5 nitrogen and oxygen atoms in total. The molecule has 1 aromatic heterocycles. The van der Waals surface area contributed by atoms with Gasteiger partial charge in [0.25, 0.3) is 5.91 Å². The fraction of sp³-hybridized carbons (Fsp3) is 0.111. The van der Waals surface area contributed by atoms with Gasteiger partial charge in [0.1, 0.15) is 11.3 Å². The highest BCUT2D eigenvalue weighted by Crippen LogP contribution is 2.34. The lowest BCUT2D eigenvalue weighted by molar-refractivity contribution is -0.136. The molecule has 0 radical (unpaired) electrons. The number of benzene rings is 2. The zero-order chi connectivity index (χ0) is 18.9. The number of nitrogens with one attached hydrogen (secondary N) is 2. The summed E-state index contributed by atoms with van der Waals surface area (Å²) in [6.45, 7) is 0. The lowest BCUT2D eigenvalue weighted by Gasteiger charge is -2.13. The van der Waals surface area contributed by atoms with Crippen molar-refractivity contribution in [3.8, 4) is 5.75 Å². The van der Waals surface area contributed by atoms with Crippen LogP contribution in [0.1, 0.15) is 15.9 Å². The molecule has 3 rings (SSSR count). The van der Waals surface area contributed by atoms with E-state index >= 15 is 0 Å². The highest BCUT2D eigenvalue weighted by molar-refractivity contribution is 6.06. The molecule has 0 bridgehead atoms. The van der Waals surface area contributed by atoms with E-state index in [1.165, 1.54) is 25.3 Å². The third-order valence-corrected chi connectivity index (χ3v) is 3.82. The van der Waals surface area contributed by atoms with E-state index in [0.29, 0.717) is 11.3 Å². The van der Waals surface area contributed by atoms with Gasteiger partial charge in [-0.25, -0.2) is 0 Å². The lowest BCUT2D eigenvalue weighted by atomic mass is 10.1. The summed E-state index contributed by atoms with van der Waals surface area (Å²) in [6, 6.07) is 9.27. The summed E-state index contributed by atoms with van der Waals surface area (Å²) in [6.07, 6.45) is -3.48. The summed E-state index contributed by atoms with van der Waals surface area (Å²) in [5.74, 6) is -0.526. The first-order valence-electron chi connectivity index (χ1n) is 7.49. The normalized spacial score (nSPS) is 11.4. The lowest BCUT2D eigenvalue weighted by Crippen LogP contribution is -2.23. The predicted octanol–water partition coefficient (Wildman–Crippen LogP) is 3.81. The van der Waals surface area contributed by atoms with Crippen LogP contribution in [0.3, 0.4) is 0 Å². The van der Waals surface area contributed by atoms with E-state index < -0.39 is 28.8 Å². The van der Waals surface area contributed by atoms with Crippen molar-refractivity contribution in [3.05, 3.63) is 70.0 Å². The van der Waals surface area contributed by atoms with Crippen LogP contribution in [-0.4, -0.2) is 18.0 Å². The minimum atomic E-state index is -4.63. The van der Waals surface area contributed by atoms with Crippen molar-refractivity contribution in [3.63, 3.8) is 0 Å². The molecule has 0 aliphatic rings. The number of carbonyl (C=O) groups excluding carboxylic acids is 1. The Kier molecular flexibility index (Phi) is 4.41. The number of fused-ring (bicyclic) bond motifs is 1. The number of ether oxygens (including phenoxy) is 1. The number of halogens is 3. The van der Waals surface area contributed by atoms with Crippen LogP contribution < -0.4 is 15.5 Å². The highest BCUT2D eigenvalue weighted by Gasteiger charge is 2.33. The zero-order valence-corrected chi connectivity index (χ0v) is 13.5. The SMILES string of the molecule is COc1cccc2c(=O)c(C(=O)Nc3ccccc3C(F)(F)F)c[nH]c12. The van der Waals surface area contributed by atoms with Crippen molar-refractivity contribution in [2.75, 3.05) is 12.4 Å². The second kappa shape index (κ2) is 6.55. The molecule has 0 saturated carbocycles. The number of carbonyl (C=O) groups is 1.